The van der Waals surface area contributed by atoms with Gasteiger partial charge in [-0.2, -0.15) is 9.40 Å². The molecule has 20 heavy (non-hydrogen) atoms. The molecule has 3 N–H and O–H groups in total. The van der Waals surface area contributed by atoms with Crippen molar-refractivity contribution in [3.8, 4) is 0 Å². The van der Waals surface area contributed by atoms with Crippen LogP contribution in [-0.4, -0.2) is 46.8 Å². The smallest absolute Gasteiger partial charge is 0.248 e. The molecular weight excluding hydrogens is 280 g/mol. The summed E-state index contributed by atoms with van der Waals surface area (Å²) in [7, 11) is -3.69. The number of sulfonamides is 1. The zero-order valence-corrected chi connectivity index (χ0v) is 12.5. The lowest BCUT2D eigenvalue weighted by molar-refractivity contribution is 0.178. The van der Waals surface area contributed by atoms with Crippen LogP contribution in [0.15, 0.2) is 11.1 Å². The van der Waals surface area contributed by atoms with Crippen LogP contribution in [-0.2, 0) is 16.6 Å². The molecule has 1 aromatic rings. The van der Waals surface area contributed by atoms with Crippen LogP contribution in [0.3, 0.4) is 0 Å². The highest BCUT2D eigenvalue weighted by Crippen LogP contribution is 2.31. The number of nitrogen functional groups attached to an aromatic ring is 1. The minimum absolute atomic E-state index is 0.0268. The summed E-state index contributed by atoms with van der Waals surface area (Å²) in [5, 5.41) is 13.2. The Balaban J connectivity index is 2.31. The molecule has 0 aromatic carbocycles. The van der Waals surface area contributed by atoms with Gasteiger partial charge in [-0.1, -0.05) is 13.3 Å². The summed E-state index contributed by atoms with van der Waals surface area (Å²) in [5.41, 5.74) is 5.75. The van der Waals surface area contributed by atoms with E-state index in [4.69, 9.17) is 10.8 Å². The summed E-state index contributed by atoms with van der Waals surface area (Å²) in [5.74, 6) is 0.0284. The van der Waals surface area contributed by atoms with Gasteiger partial charge in [0.25, 0.3) is 0 Å². The number of nitrogens with zero attached hydrogens (tertiary/aromatic N) is 3. The molecule has 0 saturated heterocycles. The van der Waals surface area contributed by atoms with E-state index in [-0.39, 0.29) is 29.9 Å². The van der Waals surface area contributed by atoms with Gasteiger partial charge < -0.3 is 10.8 Å². The second kappa shape index (κ2) is 6.11. The van der Waals surface area contributed by atoms with Crippen LogP contribution in [0.5, 0.6) is 0 Å². The van der Waals surface area contributed by atoms with E-state index in [2.05, 4.69) is 5.10 Å². The van der Waals surface area contributed by atoms with E-state index in [0.717, 1.165) is 25.7 Å². The Labute approximate surface area is 119 Å². The molecular formula is C12H22N4O3S. The van der Waals surface area contributed by atoms with E-state index >= 15 is 0 Å². The Morgan fingerprint density at radius 3 is 2.75 bits per heavy atom. The molecule has 8 heteroatoms. The number of aryl methyl sites for hydroxylation is 1. The molecule has 0 bridgehead atoms. The highest BCUT2D eigenvalue weighted by Gasteiger charge is 2.36. The normalized spacial score (nSPS) is 16.6. The van der Waals surface area contributed by atoms with Crippen LogP contribution in [0, 0.1) is 0 Å². The van der Waals surface area contributed by atoms with Gasteiger partial charge in [0.15, 0.2) is 5.82 Å². The van der Waals surface area contributed by atoms with Crippen LogP contribution in [0.2, 0.25) is 0 Å². The number of aliphatic hydroxyl groups is 1. The summed E-state index contributed by atoms with van der Waals surface area (Å²) < 4.78 is 28.3. The number of rotatable bonds is 7. The maximum atomic E-state index is 12.7. The molecule has 1 aliphatic rings. The zero-order chi connectivity index (χ0) is 14.8. The minimum Gasteiger partial charge on any atom is -0.395 e. The van der Waals surface area contributed by atoms with Crippen molar-refractivity contribution in [2.75, 3.05) is 18.9 Å². The Bertz CT molecular complexity index is 551. The summed E-state index contributed by atoms with van der Waals surface area (Å²) in [4.78, 5) is 0.0475. The van der Waals surface area contributed by atoms with Gasteiger partial charge in [0.05, 0.1) is 6.61 Å². The fraction of sp³-hybridized carbons (Fsp3) is 0.750. The maximum absolute atomic E-state index is 12.7. The Morgan fingerprint density at radius 2 is 2.25 bits per heavy atom. The number of aromatic nitrogens is 2. The summed E-state index contributed by atoms with van der Waals surface area (Å²) in [6.45, 7) is 2.52. The van der Waals surface area contributed by atoms with Crippen molar-refractivity contribution in [1.29, 1.82) is 0 Å². The molecule has 0 amide bonds. The molecule has 1 aliphatic carbocycles. The lowest BCUT2D eigenvalue weighted by atomic mass is 9.93. The average Bonchev–Trinajstić information content (AvgIpc) is 2.69. The largest absolute Gasteiger partial charge is 0.395 e. The van der Waals surface area contributed by atoms with Crippen LogP contribution in [0.1, 0.15) is 32.6 Å². The third-order valence-corrected chi connectivity index (χ3v) is 5.57. The first kappa shape index (κ1) is 15.3. The molecule has 1 saturated carbocycles. The molecule has 114 valence electrons. The van der Waals surface area contributed by atoms with Gasteiger partial charge in [0.1, 0.15) is 4.90 Å². The zero-order valence-electron chi connectivity index (χ0n) is 11.7. The van der Waals surface area contributed by atoms with Crippen molar-refractivity contribution in [2.24, 2.45) is 0 Å². The number of nitrogens with two attached hydrogens (primary N) is 1. The van der Waals surface area contributed by atoms with Crippen molar-refractivity contribution < 1.29 is 13.5 Å². The van der Waals surface area contributed by atoms with E-state index in [0.29, 0.717) is 6.54 Å². The van der Waals surface area contributed by atoms with Crippen LogP contribution < -0.4 is 5.73 Å². The second-order valence-electron chi connectivity index (χ2n) is 5.07. The second-order valence-corrected chi connectivity index (χ2v) is 6.92. The molecule has 0 spiro atoms. The van der Waals surface area contributed by atoms with Gasteiger partial charge in [-0.25, -0.2) is 8.42 Å². The predicted octanol–water partition coefficient (Wildman–Crippen LogP) is 0.411. The average molecular weight is 302 g/mol. The standard InChI is InChI=1S/C12H22N4O3S/c1-2-6-15-9-11(12(13)14-15)20(18,19)16(7-8-17)10-4-3-5-10/h9-10,17H,2-8H2,1H3,(H2,13,14). The van der Waals surface area contributed by atoms with Crippen LogP contribution >= 0.6 is 0 Å². The molecule has 7 nitrogen and oxygen atoms in total. The van der Waals surface area contributed by atoms with E-state index in [1.807, 2.05) is 6.92 Å². The number of hydrogen-bond donors (Lipinski definition) is 2. The monoisotopic (exact) mass is 302 g/mol. The van der Waals surface area contributed by atoms with Crippen LogP contribution in [0.4, 0.5) is 5.82 Å². The SMILES string of the molecule is CCCn1cc(S(=O)(=O)N(CCO)C2CCC2)c(N)n1. The van der Waals surface area contributed by atoms with Gasteiger partial charge >= 0.3 is 0 Å². The van der Waals surface area contributed by atoms with Crippen molar-refractivity contribution in [3.63, 3.8) is 0 Å². The molecule has 2 rings (SSSR count). The third-order valence-electron chi connectivity index (χ3n) is 3.60. The van der Waals surface area contributed by atoms with E-state index in [1.54, 1.807) is 4.68 Å². The molecule has 0 aliphatic heterocycles. The quantitative estimate of drug-likeness (QED) is 0.759. The van der Waals surface area contributed by atoms with Crippen molar-refractivity contribution >= 4 is 15.8 Å². The molecule has 0 atom stereocenters. The lowest BCUT2D eigenvalue weighted by Gasteiger charge is -2.35. The van der Waals surface area contributed by atoms with Gasteiger partial charge in [-0.05, 0) is 19.3 Å². The van der Waals surface area contributed by atoms with Gasteiger partial charge in [-0.15, -0.1) is 0 Å². The molecule has 0 radical (unpaired) electrons. The summed E-state index contributed by atoms with van der Waals surface area (Å²) in [6, 6.07) is -0.0268. The van der Waals surface area contributed by atoms with Gasteiger partial charge in [0, 0.05) is 25.3 Å². The molecule has 1 fully saturated rings. The fourth-order valence-corrected chi connectivity index (χ4v) is 4.10. The fourth-order valence-electron chi connectivity index (χ4n) is 2.36. The van der Waals surface area contributed by atoms with Gasteiger partial charge in [-0.3, -0.25) is 4.68 Å². The summed E-state index contributed by atoms with van der Waals surface area (Å²) >= 11 is 0. The van der Waals surface area contributed by atoms with Gasteiger partial charge in [0.2, 0.25) is 10.0 Å². The first-order valence-electron chi connectivity index (χ1n) is 6.96. The first-order chi connectivity index (χ1) is 9.50. The van der Waals surface area contributed by atoms with E-state index < -0.39 is 10.0 Å². The van der Waals surface area contributed by atoms with E-state index in [9.17, 15) is 8.42 Å². The topological polar surface area (TPSA) is 101 Å². The molecule has 1 heterocycles. The number of hydrogen-bond acceptors (Lipinski definition) is 5. The Morgan fingerprint density at radius 1 is 1.55 bits per heavy atom. The van der Waals surface area contributed by atoms with Crippen molar-refractivity contribution in [2.45, 2.75) is 50.1 Å². The summed E-state index contributed by atoms with van der Waals surface area (Å²) in [6.07, 6.45) is 5.03. The number of aliphatic hydroxyl groups excluding tert-OH is 1. The molecule has 1 aromatic heterocycles. The maximum Gasteiger partial charge on any atom is 0.248 e. The number of anilines is 1. The Hall–Kier alpha value is -1.12. The third kappa shape index (κ3) is 2.82. The highest BCUT2D eigenvalue weighted by molar-refractivity contribution is 7.89. The van der Waals surface area contributed by atoms with Crippen molar-refractivity contribution in [1.82, 2.24) is 14.1 Å². The lowest BCUT2D eigenvalue weighted by Crippen LogP contribution is -2.45. The van der Waals surface area contributed by atoms with Crippen molar-refractivity contribution in [3.05, 3.63) is 6.20 Å². The highest BCUT2D eigenvalue weighted by atomic mass is 32.2. The van der Waals surface area contributed by atoms with E-state index in [1.165, 1.54) is 10.5 Å². The Kier molecular flexibility index (Phi) is 4.66. The van der Waals surface area contributed by atoms with Crippen LogP contribution in [0.25, 0.3) is 0 Å². The molecule has 0 unspecified atom stereocenters. The minimum atomic E-state index is -3.69. The first-order valence-corrected chi connectivity index (χ1v) is 8.40. The predicted molar refractivity (Wildman–Crippen MR) is 75.5 cm³/mol.